The zero-order chi connectivity index (χ0) is 29.5. The van der Waals surface area contributed by atoms with Crippen LogP contribution in [0.3, 0.4) is 0 Å². The summed E-state index contributed by atoms with van der Waals surface area (Å²) in [7, 11) is -0.348. The first-order chi connectivity index (χ1) is 19.4. The first kappa shape index (κ1) is 33.1. The van der Waals surface area contributed by atoms with E-state index in [0.717, 1.165) is 7.11 Å². The lowest BCUT2D eigenvalue weighted by molar-refractivity contribution is -0.117. The van der Waals surface area contributed by atoms with Crippen LogP contribution >= 0.6 is 7.82 Å². The second-order valence-corrected chi connectivity index (χ2v) is 8.59. The number of methoxy groups -OCH3 is 2. The van der Waals surface area contributed by atoms with Gasteiger partial charge in [-0.3, -0.25) is 13.8 Å². The molecule has 2 unspecified atom stereocenters. The van der Waals surface area contributed by atoms with Gasteiger partial charge in [0.2, 0.25) is 0 Å². The maximum atomic E-state index is 12.2. The highest BCUT2D eigenvalue weighted by Gasteiger charge is 2.48. The molecule has 1 aliphatic carbocycles. The van der Waals surface area contributed by atoms with Gasteiger partial charge in [-0.15, -0.1) is 0 Å². The van der Waals surface area contributed by atoms with Crippen LogP contribution < -0.4 is 5.32 Å². The molecule has 0 aliphatic heterocycles. The Hall–Kier alpha value is -4.90. The minimum atomic E-state index is -4.29. The van der Waals surface area contributed by atoms with Crippen LogP contribution in [-0.2, 0) is 27.9 Å². The van der Waals surface area contributed by atoms with Crippen molar-refractivity contribution in [3.63, 3.8) is 0 Å². The summed E-state index contributed by atoms with van der Waals surface area (Å²) in [5.41, 5.74) is 0. The highest BCUT2D eigenvalue weighted by Crippen LogP contribution is 2.48. The molecule has 8 nitrogen and oxygen atoms in total. The van der Waals surface area contributed by atoms with Crippen LogP contribution in [0.1, 0.15) is 13.3 Å². The number of carbonyl (C=O) groups excluding carboxylic acids is 1. The quantitative estimate of drug-likeness (QED) is 0.348. The number of amides is 1. The number of ether oxygens (including phenoxy) is 2. The third-order valence-electron chi connectivity index (χ3n) is 4.56. The average molecular weight is 551 g/mol. The number of rotatable bonds is 7. The number of hydrogen-bond donors (Lipinski definition) is 2. The van der Waals surface area contributed by atoms with Crippen molar-refractivity contribution in [2.24, 2.45) is 5.92 Å². The van der Waals surface area contributed by atoms with Gasteiger partial charge in [-0.1, -0.05) is 5.92 Å². The first-order valence-corrected chi connectivity index (χ1v) is 12.7. The molecule has 1 fully saturated rings. The summed E-state index contributed by atoms with van der Waals surface area (Å²) in [4.78, 5) is 22.0. The van der Waals surface area contributed by atoms with Gasteiger partial charge in [0.05, 0.1) is 12.6 Å². The van der Waals surface area contributed by atoms with Gasteiger partial charge in [0.15, 0.2) is 0 Å². The second-order valence-electron chi connectivity index (χ2n) is 7.08. The van der Waals surface area contributed by atoms with E-state index in [9.17, 15) is 14.3 Å². The molecule has 0 heterocycles. The van der Waals surface area contributed by atoms with Crippen molar-refractivity contribution in [3.8, 4) is 118 Å². The lowest BCUT2D eigenvalue weighted by atomic mass is 10.1. The summed E-state index contributed by atoms with van der Waals surface area (Å²) < 4.78 is 32.3. The highest BCUT2D eigenvalue weighted by atomic mass is 31.2. The molecule has 2 N–H and O–H groups in total. The van der Waals surface area contributed by atoms with E-state index >= 15 is 0 Å². The Morgan fingerprint density at radius 2 is 1.23 bits per heavy atom. The Kier molecular flexibility index (Phi) is 16.7. The van der Waals surface area contributed by atoms with Crippen molar-refractivity contribution in [3.05, 3.63) is 0 Å². The Labute approximate surface area is 235 Å². The van der Waals surface area contributed by atoms with Crippen LogP contribution in [-0.4, -0.2) is 57.0 Å². The molecule has 0 radical (unpaired) electrons. The number of carbonyl (C=O) groups is 1. The number of phosphoric acid groups is 1. The summed E-state index contributed by atoms with van der Waals surface area (Å²) in [6.45, 7) is 1.90. The summed E-state index contributed by atoms with van der Waals surface area (Å²) in [5.74, 6) is 48.6. The van der Waals surface area contributed by atoms with Crippen molar-refractivity contribution < 1.29 is 32.8 Å². The molecule has 5 atom stereocenters. The van der Waals surface area contributed by atoms with Gasteiger partial charge in [-0.2, -0.15) is 0 Å². The van der Waals surface area contributed by atoms with Crippen LogP contribution in [0.5, 0.6) is 0 Å². The normalized spacial score (nSPS) is 18.4. The van der Waals surface area contributed by atoms with E-state index in [1.165, 1.54) is 14.2 Å². The van der Waals surface area contributed by atoms with E-state index in [0.29, 0.717) is 6.42 Å². The van der Waals surface area contributed by atoms with Crippen molar-refractivity contribution in [2.75, 3.05) is 27.9 Å². The van der Waals surface area contributed by atoms with Crippen molar-refractivity contribution in [1.29, 1.82) is 0 Å². The smallest absolute Gasteiger partial charge is 0.384 e. The van der Waals surface area contributed by atoms with Gasteiger partial charge in [0.1, 0.15) is 12.2 Å². The Morgan fingerprint density at radius 1 is 0.775 bits per heavy atom. The summed E-state index contributed by atoms with van der Waals surface area (Å²) in [5, 5.41) is 2.70. The fourth-order valence-corrected chi connectivity index (χ4v) is 3.79. The first-order valence-electron chi connectivity index (χ1n) is 11.2. The van der Waals surface area contributed by atoms with E-state index in [2.05, 4.69) is 128 Å². The molecule has 1 rings (SSSR count). The van der Waals surface area contributed by atoms with E-state index < -0.39 is 32.0 Å². The summed E-state index contributed by atoms with van der Waals surface area (Å²) in [6, 6.07) is -0.547. The van der Waals surface area contributed by atoms with Gasteiger partial charge in [0, 0.05) is 45.0 Å². The van der Waals surface area contributed by atoms with Crippen molar-refractivity contribution >= 4 is 13.7 Å². The molecular formula is C31H22NO7P. The van der Waals surface area contributed by atoms with E-state index in [4.69, 9.17) is 14.0 Å². The molecule has 198 valence electrons. The predicted molar refractivity (Wildman–Crippen MR) is 148 cm³/mol. The maximum absolute atomic E-state index is 12.2. The zero-order valence-electron chi connectivity index (χ0n) is 22.1. The molecule has 1 amide bonds. The van der Waals surface area contributed by atoms with E-state index in [1.807, 2.05) is 0 Å². The Balaban J connectivity index is 2.64. The molecular weight excluding hydrogens is 529 g/mol. The second kappa shape index (κ2) is 20.1. The lowest BCUT2D eigenvalue weighted by Gasteiger charge is -2.26. The fraction of sp³-hybridized carbons (Fsp3) is 0.323. The van der Waals surface area contributed by atoms with Crippen LogP contribution in [0.2, 0.25) is 0 Å². The standard InChI is InChI=1S/C31H22NO7P/c1-5-6-7-8-9-10-11-12-13-14-15-16-17-18-19-20-21-22-23-24-29(33)32-28-25-27(26-36-2)30(31(28)37-3)39-40(34,35)38-4/h27-28,30-31H,25-26H2,1-4H3,(H,32,33)(H,34,35)/t27-,28-,30+,31?/m1/s1. The maximum Gasteiger partial charge on any atom is 0.472 e. The highest BCUT2D eigenvalue weighted by molar-refractivity contribution is 7.47. The van der Waals surface area contributed by atoms with Gasteiger partial charge in [-0.25, -0.2) is 4.57 Å². The Morgan fingerprint density at radius 3 is 1.62 bits per heavy atom. The van der Waals surface area contributed by atoms with Gasteiger partial charge in [-0.05, 0) is 108 Å². The summed E-state index contributed by atoms with van der Waals surface area (Å²) >= 11 is 0. The van der Waals surface area contributed by atoms with Gasteiger partial charge < -0.3 is 19.7 Å². The van der Waals surface area contributed by atoms with Crippen molar-refractivity contribution in [1.82, 2.24) is 5.32 Å². The fourth-order valence-electron chi connectivity index (χ4n) is 3.11. The number of nitrogens with one attached hydrogen (secondary N) is 1. The molecule has 0 aromatic heterocycles. The number of hydrogen-bond acceptors (Lipinski definition) is 6. The zero-order valence-corrected chi connectivity index (χ0v) is 23.0. The van der Waals surface area contributed by atoms with Crippen LogP contribution in [0.15, 0.2) is 0 Å². The molecule has 0 aromatic carbocycles. The minimum absolute atomic E-state index is 0.217. The lowest BCUT2D eigenvalue weighted by Crippen LogP contribution is -2.44. The molecule has 0 spiro atoms. The van der Waals surface area contributed by atoms with Crippen LogP contribution in [0.25, 0.3) is 0 Å². The molecule has 0 saturated heterocycles. The monoisotopic (exact) mass is 551 g/mol. The van der Waals surface area contributed by atoms with Crippen LogP contribution in [0.4, 0.5) is 0 Å². The Bertz CT molecular complexity index is 1630. The molecule has 0 aromatic rings. The van der Waals surface area contributed by atoms with Gasteiger partial charge in [0.25, 0.3) is 5.91 Å². The molecule has 1 saturated carbocycles. The van der Waals surface area contributed by atoms with Gasteiger partial charge >= 0.3 is 7.82 Å². The largest absolute Gasteiger partial charge is 0.472 e. The average Bonchev–Trinajstić information content (AvgIpc) is 3.24. The molecule has 40 heavy (non-hydrogen) atoms. The predicted octanol–water partition coefficient (Wildman–Crippen LogP) is 0.338. The molecule has 1 aliphatic rings. The third-order valence-corrected chi connectivity index (χ3v) is 5.53. The topological polar surface area (TPSA) is 103 Å². The van der Waals surface area contributed by atoms with E-state index in [1.54, 1.807) is 6.92 Å². The summed E-state index contributed by atoms with van der Waals surface area (Å²) in [6.07, 6.45) is -1.21. The molecule has 9 heteroatoms. The van der Waals surface area contributed by atoms with Crippen LogP contribution in [0, 0.1) is 124 Å². The number of phosphoric ester groups is 1. The molecule has 0 bridgehead atoms. The van der Waals surface area contributed by atoms with Crippen molar-refractivity contribution in [2.45, 2.75) is 31.6 Å². The van der Waals surface area contributed by atoms with E-state index in [-0.39, 0.29) is 12.5 Å². The SMILES string of the molecule is CC#CC#CC#CC#CC#CC#CC#CC#CC#CC#CC(=O)N[C@@H]1C[C@H](COC)[C@H](OP(=O)(O)OC)C1OC. The third kappa shape index (κ3) is 14.1. The minimum Gasteiger partial charge on any atom is -0.384 e.